The molecule has 1 atom stereocenters. The third-order valence-corrected chi connectivity index (χ3v) is 4.80. The van der Waals surface area contributed by atoms with Gasteiger partial charge in [0.1, 0.15) is 5.82 Å². The molecule has 5 heteroatoms. The SMILES string of the molecule is Cl.Fc1c(Br)cccc1[C@@H](CC1CC1)N1CCNCC1. The van der Waals surface area contributed by atoms with Gasteiger partial charge < -0.3 is 5.32 Å². The van der Waals surface area contributed by atoms with Gasteiger partial charge in [-0.05, 0) is 34.3 Å². The summed E-state index contributed by atoms with van der Waals surface area (Å²) in [4.78, 5) is 2.44. The highest BCUT2D eigenvalue weighted by molar-refractivity contribution is 9.10. The van der Waals surface area contributed by atoms with Crippen LogP contribution >= 0.6 is 28.3 Å². The number of piperazine rings is 1. The minimum atomic E-state index is -0.0771. The van der Waals surface area contributed by atoms with Gasteiger partial charge >= 0.3 is 0 Å². The molecule has 1 heterocycles. The highest BCUT2D eigenvalue weighted by atomic mass is 79.9. The van der Waals surface area contributed by atoms with E-state index in [2.05, 4.69) is 26.1 Å². The Hall–Kier alpha value is -0.160. The van der Waals surface area contributed by atoms with Crippen LogP contribution in [0.5, 0.6) is 0 Å². The Morgan fingerprint density at radius 3 is 2.65 bits per heavy atom. The maximum atomic E-state index is 14.4. The smallest absolute Gasteiger partial charge is 0.142 e. The standard InChI is InChI=1S/C15H20BrFN2.ClH/c16-13-3-1-2-12(15(13)17)14(10-11-4-5-11)19-8-6-18-7-9-19;/h1-3,11,14,18H,4-10H2;1H/t14-;/m1./s1. The third-order valence-electron chi connectivity index (χ3n) is 4.19. The van der Waals surface area contributed by atoms with Gasteiger partial charge in [-0.15, -0.1) is 12.4 Å². The van der Waals surface area contributed by atoms with Gasteiger partial charge in [0.15, 0.2) is 0 Å². The summed E-state index contributed by atoms with van der Waals surface area (Å²) in [6.45, 7) is 4.06. The van der Waals surface area contributed by atoms with Crippen LogP contribution in [0.4, 0.5) is 4.39 Å². The van der Waals surface area contributed by atoms with Crippen LogP contribution in [0.1, 0.15) is 30.9 Å². The second kappa shape index (κ2) is 7.21. The molecule has 2 aliphatic rings. The molecule has 0 radical (unpaired) electrons. The zero-order chi connectivity index (χ0) is 13.2. The summed E-state index contributed by atoms with van der Waals surface area (Å²) in [7, 11) is 0. The van der Waals surface area contributed by atoms with E-state index in [0.29, 0.717) is 4.47 Å². The molecule has 1 saturated heterocycles. The average molecular weight is 364 g/mol. The molecule has 20 heavy (non-hydrogen) atoms. The summed E-state index contributed by atoms with van der Waals surface area (Å²) in [5, 5.41) is 3.37. The first kappa shape index (κ1) is 16.2. The Morgan fingerprint density at radius 1 is 1.30 bits per heavy atom. The second-order valence-corrected chi connectivity index (χ2v) is 6.48. The molecule has 0 amide bonds. The van der Waals surface area contributed by atoms with Crippen molar-refractivity contribution in [3.63, 3.8) is 0 Å². The lowest BCUT2D eigenvalue weighted by Gasteiger charge is -2.35. The first-order valence-electron chi connectivity index (χ1n) is 7.14. The number of halogens is 3. The van der Waals surface area contributed by atoms with Crippen molar-refractivity contribution in [1.29, 1.82) is 0 Å². The number of nitrogens with zero attached hydrogens (tertiary/aromatic N) is 1. The normalized spacial score (nSPS) is 21.3. The number of rotatable bonds is 4. The molecular formula is C15H21BrClFN2. The van der Waals surface area contributed by atoms with E-state index in [1.807, 2.05) is 12.1 Å². The van der Waals surface area contributed by atoms with Crippen LogP contribution in [0, 0.1) is 11.7 Å². The van der Waals surface area contributed by atoms with Crippen LogP contribution < -0.4 is 5.32 Å². The summed E-state index contributed by atoms with van der Waals surface area (Å²) in [5.74, 6) is 0.727. The fourth-order valence-electron chi connectivity index (χ4n) is 2.91. The van der Waals surface area contributed by atoms with E-state index in [-0.39, 0.29) is 24.3 Å². The molecule has 1 aliphatic carbocycles. The highest BCUT2D eigenvalue weighted by Crippen LogP contribution is 2.41. The maximum Gasteiger partial charge on any atom is 0.142 e. The van der Waals surface area contributed by atoms with Crippen molar-refractivity contribution in [2.45, 2.75) is 25.3 Å². The Morgan fingerprint density at radius 2 is 2.00 bits per heavy atom. The predicted molar refractivity (Wildman–Crippen MR) is 85.9 cm³/mol. The van der Waals surface area contributed by atoms with Crippen LogP contribution in [-0.2, 0) is 0 Å². The van der Waals surface area contributed by atoms with Gasteiger partial charge in [0.25, 0.3) is 0 Å². The van der Waals surface area contributed by atoms with Crippen molar-refractivity contribution in [2.24, 2.45) is 5.92 Å². The van der Waals surface area contributed by atoms with Gasteiger partial charge in [-0.3, -0.25) is 4.90 Å². The highest BCUT2D eigenvalue weighted by Gasteiger charge is 2.32. The Labute approximate surface area is 134 Å². The third kappa shape index (κ3) is 3.73. The fourth-order valence-corrected chi connectivity index (χ4v) is 3.30. The molecule has 1 N–H and O–H groups in total. The minimum Gasteiger partial charge on any atom is -0.314 e. The van der Waals surface area contributed by atoms with Crippen molar-refractivity contribution in [3.05, 3.63) is 34.1 Å². The van der Waals surface area contributed by atoms with Crippen molar-refractivity contribution in [1.82, 2.24) is 10.2 Å². The predicted octanol–water partition coefficient (Wildman–Crippen LogP) is 3.76. The zero-order valence-corrected chi connectivity index (χ0v) is 13.9. The van der Waals surface area contributed by atoms with Crippen LogP contribution in [0.2, 0.25) is 0 Å². The molecule has 1 saturated carbocycles. The molecule has 112 valence electrons. The lowest BCUT2D eigenvalue weighted by molar-refractivity contribution is 0.157. The summed E-state index contributed by atoms with van der Waals surface area (Å²) in [6.07, 6.45) is 3.74. The molecule has 1 aliphatic heterocycles. The molecule has 1 aromatic rings. The van der Waals surface area contributed by atoms with E-state index in [1.54, 1.807) is 6.07 Å². The largest absolute Gasteiger partial charge is 0.314 e. The molecule has 0 unspecified atom stereocenters. The van der Waals surface area contributed by atoms with E-state index in [4.69, 9.17) is 0 Å². The fraction of sp³-hybridized carbons (Fsp3) is 0.600. The first-order valence-corrected chi connectivity index (χ1v) is 7.93. The van der Waals surface area contributed by atoms with Crippen molar-refractivity contribution in [2.75, 3.05) is 26.2 Å². The molecule has 0 aromatic heterocycles. The van der Waals surface area contributed by atoms with Crippen molar-refractivity contribution >= 4 is 28.3 Å². The second-order valence-electron chi connectivity index (χ2n) is 5.62. The lowest BCUT2D eigenvalue weighted by Crippen LogP contribution is -2.45. The Balaban J connectivity index is 0.00000147. The first-order chi connectivity index (χ1) is 9.25. The number of benzene rings is 1. The summed E-state index contributed by atoms with van der Waals surface area (Å²) in [6, 6.07) is 5.93. The van der Waals surface area contributed by atoms with E-state index >= 15 is 0 Å². The van der Waals surface area contributed by atoms with Crippen molar-refractivity contribution < 1.29 is 4.39 Å². The number of hydrogen-bond donors (Lipinski definition) is 1. The summed E-state index contributed by atoms with van der Waals surface area (Å²) < 4.78 is 15.0. The topological polar surface area (TPSA) is 15.3 Å². The number of hydrogen-bond acceptors (Lipinski definition) is 2. The Bertz CT molecular complexity index is 447. The monoisotopic (exact) mass is 362 g/mol. The van der Waals surface area contributed by atoms with Crippen molar-refractivity contribution in [3.8, 4) is 0 Å². The molecule has 3 rings (SSSR count). The van der Waals surface area contributed by atoms with E-state index in [1.165, 1.54) is 12.8 Å². The van der Waals surface area contributed by atoms with Crippen LogP contribution in [0.15, 0.2) is 22.7 Å². The molecular weight excluding hydrogens is 343 g/mol. The van der Waals surface area contributed by atoms with Gasteiger partial charge in [-0.25, -0.2) is 4.39 Å². The maximum absolute atomic E-state index is 14.4. The van der Waals surface area contributed by atoms with Crippen LogP contribution in [-0.4, -0.2) is 31.1 Å². The Kier molecular flexibility index (Phi) is 5.84. The molecule has 0 bridgehead atoms. The van der Waals surface area contributed by atoms with Crippen LogP contribution in [0.3, 0.4) is 0 Å². The quantitative estimate of drug-likeness (QED) is 0.876. The minimum absolute atomic E-state index is 0. The molecule has 1 aromatic carbocycles. The van der Waals surface area contributed by atoms with E-state index in [9.17, 15) is 4.39 Å². The van der Waals surface area contributed by atoms with E-state index in [0.717, 1.165) is 44.1 Å². The van der Waals surface area contributed by atoms with Gasteiger partial charge in [-0.2, -0.15) is 0 Å². The van der Waals surface area contributed by atoms with Gasteiger partial charge in [-0.1, -0.05) is 25.0 Å². The zero-order valence-electron chi connectivity index (χ0n) is 11.4. The van der Waals surface area contributed by atoms with Gasteiger partial charge in [0.05, 0.1) is 4.47 Å². The molecule has 2 fully saturated rings. The summed E-state index contributed by atoms with van der Waals surface area (Å²) >= 11 is 3.31. The summed E-state index contributed by atoms with van der Waals surface area (Å²) in [5.41, 5.74) is 0.864. The van der Waals surface area contributed by atoms with E-state index < -0.39 is 0 Å². The molecule has 0 spiro atoms. The average Bonchev–Trinajstić information content (AvgIpc) is 3.25. The van der Waals surface area contributed by atoms with Crippen LogP contribution in [0.25, 0.3) is 0 Å². The number of nitrogens with one attached hydrogen (secondary N) is 1. The van der Waals surface area contributed by atoms with Gasteiger partial charge in [0, 0.05) is 37.8 Å². The lowest BCUT2D eigenvalue weighted by atomic mass is 9.98. The molecule has 2 nitrogen and oxygen atoms in total. The van der Waals surface area contributed by atoms with Gasteiger partial charge in [0.2, 0.25) is 0 Å².